The second-order valence-corrected chi connectivity index (χ2v) is 4.28. The summed E-state index contributed by atoms with van der Waals surface area (Å²) in [5, 5.41) is 1.29. The van der Waals surface area contributed by atoms with Gasteiger partial charge in [-0.25, -0.2) is 0 Å². The highest BCUT2D eigenvalue weighted by atomic mass is 35.5. The average Bonchev–Trinajstić information content (AvgIpc) is 2.10. The van der Waals surface area contributed by atoms with Crippen molar-refractivity contribution in [1.82, 2.24) is 0 Å². The van der Waals surface area contributed by atoms with Crippen molar-refractivity contribution in [2.75, 3.05) is 0 Å². The third kappa shape index (κ3) is 1.56. The van der Waals surface area contributed by atoms with E-state index in [2.05, 4.69) is 0 Å². The molecule has 0 aromatic heterocycles. The van der Waals surface area contributed by atoms with Crippen LogP contribution in [0.1, 0.15) is 24.3 Å². The van der Waals surface area contributed by atoms with Gasteiger partial charge in [0, 0.05) is 12.0 Å². The zero-order valence-corrected chi connectivity index (χ0v) is 8.65. The lowest BCUT2D eigenvalue weighted by molar-refractivity contribution is 0.347. The van der Waals surface area contributed by atoms with Crippen LogP contribution in [0.2, 0.25) is 10.0 Å². The number of halogens is 2. The van der Waals surface area contributed by atoms with Crippen molar-refractivity contribution in [3.8, 4) is 0 Å². The van der Waals surface area contributed by atoms with Crippen LogP contribution in [-0.4, -0.2) is 6.04 Å². The average molecular weight is 216 g/mol. The Morgan fingerprint density at radius 1 is 1.23 bits per heavy atom. The van der Waals surface area contributed by atoms with E-state index in [1.54, 1.807) is 6.07 Å². The summed E-state index contributed by atoms with van der Waals surface area (Å²) in [6.07, 6.45) is 2.22. The van der Waals surface area contributed by atoms with Crippen molar-refractivity contribution in [2.24, 2.45) is 5.73 Å². The molecule has 0 saturated heterocycles. The molecule has 0 amide bonds. The molecule has 1 aromatic carbocycles. The highest BCUT2D eigenvalue weighted by Gasteiger charge is 2.30. The van der Waals surface area contributed by atoms with Gasteiger partial charge in [-0.3, -0.25) is 0 Å². The lowest BCUT2D eigenvalue weighted by Crippen LogP contribution is -2.37. The fourth-order valence-electron chi connectivity index (χ4n) is 1.72. The number of nitrogens with two attached hydrogens (primary N) is 1. The Labute approximate surface area is 87.8 Å². The minimum absolute atomic E-state index is 0.260. The van der Waals surface area contributed by atoms with Gasteiger partial charge in [-0.2, -0.15) is 0 Å². The first-order valence-electron chi connectivity index (χ1n) is 4.39. The molecule has 0 radical (unpaired) electrons. The van der Waals surface area contributed by atoms with E-state index in [-0.39, 0.29) is 6.04 Å². The van der Waals surface area contributed by atoms with Crippen LogP contribution in [0.3, 0.4) is 0 Å². The lowest BCUT2D eigenvalue weighted by atomic mass is 9.76. The molecule has 2 atom stereocenters. The zero-order chi connectivity index (χ0) is 9.42. The molecule has 0 bridgehead atoms. The third-order valence-corrected chi connectivity index (χ3v) is 3.54. The molecule has 13 heavy (non-hydrogen) atoms. The van der Waals surface area contributed by atoms with E-state index in [0.717, 1.165) is 18.4 Å². The van der Waals surface area contributed by atoms with Crippen molar-refractivity contribution in [3.63, 3.8) is 0 Å². The molecule has 1 aliphatic carbocycles. The molecule has 1 aromatic rings. The van der Waals surface area contributed by atoms with E-state index in [0.29, 0.717) is 16.0 Å². The van der Waals surface area contributed by atoms with Crippen LogP contribution in [0.25, 0.3) is 0 Å². The number of hydrogen-bond donors (Lipinski definition) is 1. The predicted molar refractivity (Wildman–Crippen MR) is 56.4 cm³/mol. The summed E-state index contributed by atoms with van der Waals surface area (Å²) in [4.78, 5) is 0. The van der Waals surface area contributed by atoms with Gasteiger partial charge in [0.1, 0.15) is 0 Å². The maximum absolute atomic E-state index is 6.08. The molecular weight excluding hydrogens is 205 g/mol. The van der Waals surface area contributed by atoms with Crippen LogP contribution < -0.4 is 5.73 Å². The molecule has 1 nitrogen and oxygen atoms in total. The molecule has 70 valence electrons. The summed E-state index contributed by atoms with van der Waals surface area (Å²) >= 11 is 12.0. The van der Waals surface area contributed by atoms with Gasteiger partial charge >= 0.3 is 0 Å². The maximum atomic E-state index is 6.08. The minimum Gasteiger partial charge on any atom is -0.327 e. The van der Waals surface area contributed by atoms with Crippen molar-refractivity contribution in [2.45, 2.75) is 24.8 Å². The minimum atomic E-state index is 0.260. The molecule has 3 heteroatoms. The summed E-state index contributed by atoms with van der Waals surface area (Å²) in [7, 11) is 0. The molecule has 0 heterocycles. The fourth-order valence-corrected chi connectivity index (χ4v) is 2.17. The van der Waals surface area contributed by atoms with E-state index in [1.165, 1.54) is 0 Å². The predicted octanol–water partition coefficient (Wildman–Crippen LogP) is 3.20. The Balaban J connectivity index is 2.34. The fraction of sp³-hybridized carbons (Fsp3) is 0.400. The van der Waals surface area contributed by atoms with E-state index >= 15 is 0 Å². The summed E-state index contributed by atoms with van der Waals surface area (Å²) in [5.41, 5.74) is 6.98. The Morgan fingerprint density at radius 3 is 2.54 bits per heavy atom. The molecule has 1 aliphatic rings. The molecule has 0 aliphatic heterocycles. The van der Waals surface area contributed by atoms with Gasteiger partial charge < -0.3 is 5.73 Å². The standard InChI is InChI=1S/C10H11Cl2N/c11-8-3-1-2-7(10(8)12)6-4-5-9(6)13/h1-3,6,9H,4-5,13H2. The van der Waals surface area contributed by atoms with E-state index in [4.69, 9.17) is 28.9 Å². The van der Waals surface area contributed by atoms with Crippen LogP contribution in [0.4, 0.5) is 0 Å². The second kappa shape index (κ2) is 3.49. The molecular formula is C10H11Cl2N. The first-order valence-corrected chi connectivity index (χ1v) is 5.15. The van der Waals surface area contributed by atoms with E-state index in [1.807, 2.05) is 12.1 Å². The summed E-state index contributed by atoms with van der Waals surface area (Å²) in [6, 6.07) is 6.00. The van der Waals surface area contributed by atoms with Gasteiger partial charge in [0.15, 0.2) is 0 Å². The second-order valence-electron chi connectivity index (χ2n) is 3.49. The van der Waals surface area contributed by atoms with Crippen molar-refractivity contribution >= 4 is 23.2 Å². The highest BCUT2D eigenvalue weighted by molar-refractivity contribution is 6.42. The van der Waals surface area contributed by atoms with Crippen LogP contribution in [0.15, 0.2) is 18.2 Å². The smallest absolute Gasteiger partial charge is 0.0627 e. The number of benzene rings is 1. The Morgan fingerprint density at radius 2 is 2.00 bits per heavy atom. The zero-order valence-electron chi connectivity index (χ0n) is 7.13. The van der Waals surface area contributed by atoms with Crippen LogP contribution in [0.5, 0.6) is 0 Å². The number of rotatable bonds is 1. The molecule has 0 spiro atoms. The van der Waals surface area contributed by atoms with Crippen molar-refractivity contribution in [1.29, 1.82) is 0 Å². The molecule has 2 N–H and O–H groups in total. The van der Waals surface area contributed by atoms with Crippen LogP contribution in [-0.2, 0) is 0 Å². The monoisotopic (exact) mass is 215 g/mol. The Bertz CT molecular complexity index is 325. The van der Waals surface area contributed by atoms with Gasteiger partial charge in [-0.1, -0.05) is 35.3 Å². The van der Waals surface area contributed by atoms with Crippen molar-refractivity contribution < 1.29 is 0 Å². The van der Waals surface area contributed by atoms with Crippen LogP contribution in [0, 0.1) is 0 Å². The Kier molecular flexibility index (Phi) is 2.50. The topological polar surface area (TPSA) is 26.0 Å². The van der Waals surface area contributed by atoms with Gasteiger partial charge in [-0.15, -0.1) is 0 Å². The summed E-state index contributed by atoms with van der Waals surface area (Å²) < 4.78 is 0. The van der Waals surface area contributed by atoms with Crippen molar-refractivity contribution in [3.05, 3.63) is 33.8 Å². The molecule has 1 saturated carbocycles. The Hall–Kier alpha value is -0.240. The van der Waals surface area contributed by atoms with Gasteiger partial charge in [0.2, 0.25) is 0 Å². The summed E-state index contributed by atoms with van der Waals surface area (Å²) in [6.45, 7) is 0. The lowest BCUT2D eigenvalue weighted by Gasteiger charge is -2.34. The number of hydrogen-bond acceptors (Lipinski definition) is 1. The quantitative estimate of drug-likeness (QED) is 0.766. The van der Waals surface area contributed by atoms with Crippen LogP contribution >= 0.6 is 23.2 Å². The first-order chi connectivity index (χ1) is 6.20. The van der Waals surface area contributed by atoms with E-state index < -0.39 is 0 Å². The SMILES string of the molecule is NC1CCC1c1cccc(Cl)c1Cl. The maximum Gasteiger partial charge on any atom is 0.0627 e. The molecule has 2 unspecified atom stereocenters. The van der Waals surface area contributed by atoms with Gasteiger partial charge in [0.25, 0.3) is 0 Å². The first kappa shape index (κ1) is 9.32. The van der Waals surface area contributed by atoms with Gasteiger partial charge in [-0.05, 0) is 24.5 Å². The normalized spacial score (nSPS) is 27.0. The van der Waals surface area contributed by atoms with Gasteiger partial charge in [0.05, 0.1) is 10.0 Å². The highest BCUT2D eigenvalue weighted by Crippen LogP contribution is 2.40. The largest absolute Gasteiger partial charge is 0.327 e. The van der Waals surface area contributed by atoms with E-state index in [9.17, 15) is 0 Å². The molecule has 1 fully saturated rings. The third-order valence-electron chi connectivity index (χ3n) is 2.71. The molecule has 2 rings (SSSR count). The summed E-state index contributed by atoms with van der Waals surface area (Å²) in [5.74, 6) is 0.409.